The average Bonchev–Trinajstić information content (AvgIpc) is 2.28. The molecule has 2 rings (SSSR count). The molecule has 2 aromatic carbocycles. The molecule has 0 amide bonds. The second kappa shape index (κ2) is 4.24. The SMILES string of the molecule is COCc1ccc2ccc(C=O)cc2c1. The van der Waals surface area contributed by atoms with E-state index in [1.165, 1.54) is 0 Å². The van der Waals surface area contributed by atoms with Crippen LogP contribution in [0.3, 0.4) is 0 Å². The van der Waals surface area contributed by atoms with E-state index in [1.54, 1.807) is 7.11 Å². The first-order chi connectivity index (χ1) is 7.33. The Morgan fingerprint density at radius 3 is 2.67 bits per heavy atom. The van der Waals surface area contributed by atoms with Gasteiger partial charge in [0.25, 0.3) is 0 Å². The van der Waals surface area contributed by atoms with E-state index in [4.69, 9.17) is 4.74 Å². The summed E-state index contributed by atoms with van der Waals surface area (Å²) < 4.78 is 5.06. The fourth-order valence-electron chi connectivity index (χ4n) is 1.64. The molecule has 0 aromatic heterocycles. The van der Waals surface area contributed by atoms with Crippen LogP contribution in [0.1, 0.15) is 15.9 Å². The number of rotatable bonds is 3. The smallest absolute Gasteiger partial charge is 0.150 e. The maximum Gasteiger partial charge on any atom is 0.150 e. The van der Waals surface area contributed by atoms with Crippen LogP contribution in [-0.4, -0.2) is 13.4 Å². The molecule has 0 aliphatic carbocycles. The molecular weight excluding hydrogens is 188 g/mol. The molecule has 0 aliphatic heterocycles. The zero-order chi connectivity index (χ0) is 10.7. The molecule has 2 aromatic rings. The first kappa shape index (κ1) is 9.87. The molecule has 0 unspecified atom stereocenters. The van der Waals surface area contributed by atoms with Crippen molar-refractivity contribution in [2.45, 2.75) is 6.61 Å². The predicted molar refractivity (Wildman–Crippen MR) is 60.0 cm³/mol. The number of methoxy groups -OCH3 is 1. The lowest BCUT2D eigenvalue weighted by Gasteiger charge is -2.03. The van der Waals surface area contributed by atoms with Crippen molar-refractivity contribution in [3.8, 4) is 0 Å². The fraction of sp³-hybridized carbons (Fsp3) is 0.154. The third-order valence-corrected chi connectivity index (χ3v) is 2.38. The highest BCUT2D eigenvalue weighted by Crippen LogP contribution is 2.17. The number of carbonyl (C=O) groups is 1. The first-order valence-electron chi connectivity index (χ1n) is 4.80. The van der Waals surface area contributed by atoms with Crippen LogP contribution in [-0.2, 0) is 11.3 Å². The van der Waals surface area contributed by atoms with Crippen LogP contribution in [0.15, 0.2) is 36.4 Å². The third-order valence-electron chi connectivity index (χ3n) is 2.38. The lowest BCUT2D eigenvalue weighted by atomic mass is 10.1. The van der Waals surface area contributed by atoms with Gasteiger partial charge < -0.3 is 4.74 Å². The Balaban J connectivity index is 2.52. The molecule has 0 heterocycles. The van der Waals surface area contributed by atoms with E-state index in [0.29, 0.717) is 12.2 Å². The summed E-state index contributed by atoms with van der Waals surface area (Å²) >= 11 is 0. The number of hydrogen-bond acceptors (Lipinski definition) is 2. The monoisotopic (exact) mass is 200 g/mol. The summed E-state index contributed by atoms with van der Waals surface area (Å²) in [7, 11) is 1.67. The molecule has 15 heavy (non-hydrogen) atoms. The van der Waals surface area contributed by atoms with Crippen molar-refractivity contribution in [1.29, 1.82) is 0 Å². The summed E-state index contributed by atoms with van der Waals surface area (Å²) in [5.74, 6) is 0. The highest BCUT2D eigenvalue weighted by molar-refractivity contribution is 5.89. The summed E-state index contributed by atoms with van der Waals surface area (Å²) in [6.07, 6.45) is 0.864. The second-order valence-electron chi connectivity index (χ2n) is 3.49. The van der Waals surface area contributed by atoms with E-state index in [2.05, 4.69) is 0 Å². The van der Waals surface area contributed by atoms with E-state index in [9.17, 15) is 4.79 Å². The third kappa shape index (κ3) is 2.05. The Morgan fingerprint density at radius 1 is 1.13 bits per heavy atom. The van der Waals surface area contributed by atoms with Crippen molar-refractivity contribution in [3.63, 3.8) is 0 Å². The normalized spacial score (nSPS) is 10.5. The Labute approximate surface area is 88.5 Å². The van der Waals surface area contributed by atoms with Crippen molar-refractivity contribution >= 4 is 17.1 Å². The van der Waals surface area contributed by atoms with Gasteiger partial charge in [-0.3, -0.25) is 4.79 Å². The van der Waals surface area contributed by atoms with Gasteiger partial charge in [-0.2, -0.15) is 0 Å². The first-order valence-corrected chi connectivity index (χ1v) is 4.80. The molecule has 2 nitrogen and oxygen atoms in total. The number of ether oxygens (including phenoxy) is 1. The number of benzene rings is 2. The number of hydrogen-bond donors (Lipinski definition) is 0. The van der Waals surface area contributed by atoms with Gasteiger partial charge in [0.05, 0.1) is 6.61 Å². The van der Waals surface area contributed by atoms with Crippen LogP contribution in [0, 0.1) is 0 Å². The average molecular weight is 200 g/mol. The second-order valence-corrected chi connectivity index (χ2v) is 3.49. The summed E-state index contributed by atoms with van der Waals surface area (Å²) in [6.45, 7) is 0.598. The van der Waals surface area contributed by atoms with Gasteiger partial charge in [-0.25, -0.2) is 0 Å². The van der Waals surface area contributed by atoms with Gasteiger partial charge in [0.1, 0.15) is 6.29 Å². The standard InChI is InChI=1S/C13H12O2/c1-15-9-11-3-5-12-4-2-10(8-14)6-13(12)7-11/h2-8H,9H2,1H3. The van der Waals surface area contributed by atoms with Gasteiger partial charge in [-0.15, -0.1) is 0 Å². The quantitative estimate of drug-likeness (QED) is 0.712. The van der Waals surface area contributed by atoms with E-state index in [0.717, 1.165) is 22.6 Å². The molecule has 0 aliphatic rings. The van der Waals surface area contributed by atoms with Crippen LogP contribution in [0.5, 0.6) is 0 Å². The van der Waals surface area contributed by atoms with Crippen molar-refractivity contribution in [3.05, 3.63) is 47.5 Å². The van der Waals surface area contributed by atoms with Crippen molar-refractivity contribution in [2.24, 2.45) is 0 Å². The molecular formula is C13H12O2. The zero-order valence-electron chi connectivity index (χ0n) is 8.57. The van der Waals surface area contributed by atoms with Crippen LogP contribution >= 0.6 is 0 Å². The van der Waals surface area contributed by atoms with E-state index in [1.807, 2.05) is 36.4 Å². The van der Waals surface area contributed by atoms with Crippen LogP contribution in [0.4, 0.5) is 0 Å². The summed E-state index contributed by atoms with van der Waals surface area (Å²) in [4.78, 5) is 10.6. The van der Waals surface area contributed by atoms with Gasteiger partial charge >= 0.3 is 0 Å². The molecule has 0 saturated heterocycles. The van der Waals surface area contributed by atoms with E-state index >= 15 is 0 Å². The lowest BCUT2D eigenvalue weighted by molar-refractivity contribution is 0.112. The molecule has 0 atom stereocenters. The highest BCUT2D eigenvalue weighted by atomic mass is 16.5. The van der Waals surface area contributed by atoms with Crippen molar-refractivity contribution < 1.29 is 9.53 Å². The molecule has 0 saturated carbocycles. The minimum absolute atomic E-state index is 0.598. The van der Waals surface area contributed by atoms with Crippen LogP contribution in [0.2, 0.25) is 0 Å². The van der Waals surface area contributed by atoms with Crippen molar-refractivity contribution in [2.75, 3.05) is 7.11 Å². The Bertz CT molecular complexity index is 489. The molecule has 0 bridgehead atoms. The summed E-state index contributed by atoms with van der Waals surface area (Å²) in [5, 5.41) is 2.22. The van der Waals surface area contributed by atoms with Crippen LogP contribution < -0.4 is 0 Å². The number of aldehydes is 1. The maximum atomic E-state index is 10.6. The van der Waals surface area contributed by atoms with Crippen LogP contribution in [0.25, 0.3) is 10.8 Å². The molecule has 2 heteroatoms. The van der Waals surface area contributed by atoms with E-state index in [-0.39, 0.29) is 0 Å². The summed E-state index contributed by atoms with van der Waals surface area (Å²) in [6, 6.07) is 11.8. The fourth-order valence-corrected chi connectivity index (χ4v) is 1.64. The minimum atomic E-state index is 0.598. The van der Waals surface area contributed by atoms with Gasteiger partial charge in [0, 0.05) is 12.7 Å². The predicted octanol–water partition coefficient (Wildman–Crippen LogP) is 2.80. The summed E-state index contributed by atoms with van der Waals surface area (Å²) in [5.41, 5.74) is 1.82. The molecule has 76 valence electrons. The molecule has 0 radical (unpaired) electrons. The van der Waals surface area contributed by atoms with Gasteiger partial charge in [-0.1, -0.05) is 24.3 Å². The number of fused-ring (bicyclic) bond motifs is 1. The highest BCUT2D eigenvalue weighted by Gasteiger charge is 1.97. The van der Waals surface area contributed by atoms with Gasteiger partial charge in [-0.05, 0) is 28.5 Å². The number of carbonyl (C=O) groups excluding carboxylic acids is 1. The van der Waals surface area contributed by atoms with E-state index < -0.39 is 0 Å². The maximum absolute atomic E-state index is 10.6. The molecule has 0 fully saturated rings. The minimum Gasteiger partial charge on any atom is -0.380 e. The molecule has 0 spiro atoms. The van der Waals surface area contributed by atoms with Gasteiger partial charge in [0.2, 0.25) is 0 Å². The Hall–Kier alpha value is -1.67. The largest absolute Gasteiger partial charge is 0.380 e. The Kier molecular flexibility index (Phi) is 2.79. The lowest BCUT2D eigenvalue weighted by Crippen LogP contribution is -1.87. The Morgan fingerprint density at radius 2 is 1.93 bits per heavy atom. The topological polar surface area (TPSA) is 26.3 Å². The molecule has 0 N–H and O–H groups in total. The zero-order valence-corrected chi connectivity index (χ0v) is 8.57. The van der Waals surface area contributed by atoms with Gasteiger partial charge in [0.15, 0.2) is 0 Å². The van der Waals surface area contributed by atoms with Crippen molar-refractivity contribution in [1.82, 2.24) is 0 Å².